The van der Waals surface area contributed by atoms with Gasteiger partial charge in [-0.2, -0.15) is 5.10 Å². The number of anilines is 1. The van der Waals surface area contributed by atoms with Crippen LogP contribution in [0.15, 0.2) is 36.5 Å². The van der Waals surface area contributed by atoms with Crippen LogP contribution >= 0.6 is 11.6 Å². The van der Waals surface area contributed by atoms with Crippen molar-refractivity contribution in [2.75, 3.05) is 24.5 Å². The molecule has 1 aliphatic heterocycles. The van der Waals surface area contributed by atoms with Crippen molar-refractivity contribution < 1.29 is 4.79 Å². The SMILES string of the molecule is Cc1cc(CNC(=O)N(CC2CCC2)[C@H]2CCCN(c3cccnn3)C2)ccc1Cl. The highest BCUT2D eigenvalue weighted by molar-refractivity contribution is 6.31. The summed E-state index contributed by atoms with van der Waals surface area (Å²) in [7, 11) is 0. The van der Waals surface area contributed by atoms with E-state index in [2.05, 4.69) is 25.3 Å². The zero-order valence-electron chi connectivity index (χ0n) is 17.6. The third kappa shape index (κ3) is 5.04. The van der Waals surface area contributed by atoms with E-state index < -0.39 is 0 Å². The molecule has 4 rings (SSSR count). The number of urea groups is 1. The number of amides is 2. The van der Waals surface area contributed by atoms with Crippen molar-refractivity contribution in [3.8, 4) is 0 Å². The number of hydrogen-bond donors (Lipinski definition) is 1. The van der Waals surface area contributed by atoms with Crippen LogP contribution in [0.25, 0.3) is 0 Å². The fourth-order valence-corrected chi connectivity index (χ4v) is 4.44. The highest BCUT2D eigenvalue weighted by atomic mass is 35.5. The highest BCUT2D eigenvalue weighted by Gasteiger charge is 2.32. The number of carbonyl (C=O) groups is 1. The van der Waals surface area contributed by atoms with Crippen LogP contribution in [0.3, 0.4) is 0 Å². The van der Waals surface area contributed by atoms with Crippen molar-refractivity contribution in [3.63, 3.8) is 0 Å². The first kappa shape index (κ1) is 20.9. The molecule has 1 saturated carbocycles. The molecule has 1 aromatic heterocycles. The monoisotopic (exact) mass is 427 g/mol. The maximum atomic E-state index is 13.2. The molecule has 2 fully saturated rings. The molecule has 0 spiro atoms. The Kier molecular flexibility index (Phi) is 6.72. The third-order valence-electron chi connectivity index (χ3n) is 6.33. The standard InChI is InChI=1S/C23H30ClN5O/c1-17-13-19(9-10-21(17)24)14-25-23(30)29(15-18-5-2-6-18)20-7-4-12-28(16-20)22-8-3-11-26-27-22/h3,8-11,13,18,20H,2,4-7,12,14-16H2,1H3,(H,25,30)/t20-/m0/s1. The zero-order valence-corrected chi connectivity index (χ0v) is 18.3. The van der Waals surface area contributed by atoms with Crippen molar-refractivity contribution >= 4 is 23.4 Å². The summed E-state index contributed by atoms with van der Waals surface area (Å²) in [5, 5.41) is 12.2. The predicted octanol–water partition coefficient (Wildman–Crippen LogP) is 4.42. The second-order valence-corrected chi connectivity index (χ2v) is 8.92. The number of nitrogens with zero attached hydrogens (tertiary/aromatic N) is 4. The average Bonchev–Trinajstić information content (AvgIpc) is 2.74. The summed E-state index contributed by atoms with van der Waals surface area (Å²) in [6, 6.07) is 10.0. The van der Waals surface area contributed by atoms with Crippen LogP contribution < -0.4 is 10.2 Å². The molecule has 2 aromatic rings. The van der Waals surface area contributed by atoms with Crippen molar-refractivity contribution in [1.29, 1.82) is 0 Å². The van der Waals surface area contributed by atoms with E-state index in [0.29, 0.717) is 12.5 Å². The van der Waals surface area contributed by atoms with Crippen LogP contribution in [0.1, 0.15) is 43.2 Å². The van der Waals surface area contributed by atoms with Crippen LogP contribution in [0, 0.1) is 12.8 Å². The molecule has 1 aliphatic carbocycles. The summed E-state index contributed by atoms with van der Waals surface area (Å²) in [5.74, 6) is 1.52. The second kappa shape index (κ2) is 9.65. The van der Waals surface area contributed by atoms with E-state index in [9.17, 15) is 4.79 Å². The van der Waals surface area contributed by atoms with Crippen molar-refractivity contribution in [2.45, 2.75) is 51.6 Å². The van der Waals surface area contributed by atoms with Gasteiger partial charge in [-0.25, -0.2) is 4.79 Å². The Morgan fingerprint density at radius 3 is 2.83 bits per heavy atom. The van der Waals surface area contributed by atoms with Crippen molar-refractivity contribution in [2.24, 2.45) is 5.92 Å². The molecule has 2 aliphatic rings. The van der Waals surface area contributed by atoms with E-state index in [0.717, 1.165) is 54.4 Å². The number of aromatic nitrogens is 2. The minimum absolute atomic E-state index is 0.0282. The van der Waals surface area contributed by atoms with Gasteiger partial charge >= 0.3 is 6.03 Å². The quantitative estimate of drug-likeness (QED) is 0.741. The normalized spacial score (nSPS) is 19.3. The Morgan fingerprint density at radius 2 is 2.13 bits per heavy atom. The summed E-state index contributed by atoms with van der Waals surface area (Å²) < 4.78 is 0. The Labute approximate surface area is 183 Å². The summed E-state index contributed by atoms with van der Waals surface area (Å²) in [4.78, 5) is 17.6. The lowest BCUT2D eigenvalue weighted by molar-refractivity contribution is 0.132. The molecule has 1 N–H and O–H groups in total. The summed E-state index contributed by atoms with van der Waals surface area (Å²) in [6.07, 6.45) is 7.49. The minimum Gasteiger partial charge on any atom is -0.353 e. The van der Waals surface area contributed by atoms with Gasteiger partial charge in [0.05, 0.1) is 6.04 Å². The fraction of sp³-hybridized carbons (Fsp3) is 0.522. The molecule has 2 heterocycles. The largest absolute Gasteiger partial charge is 0.353 e. The molecular formula is C23H30ClN5O. The van der Waals surface area contributed by atoms with E-state index in [1.54, 1.807) is 6.20 Å². The number of carbonyl (C=O) groups excluding carboxylic acids is 1. The lowest BCUT2D eigenvalue weighted by Gasteiger charge is -2.42. The zero-order chi connectivity index (χ0) is 20.9. The number of rotatable bonds is 6. The van der Waals surface area contributed by atoms with Gasteiger partial charge in [0.2, 0.25) is 0 Å². The van der Waals surface area contributed by atoms with Gasteiger partial charge in [-0.1, -0.05) is 30.2 Å². The number of piperidine rings is 1. The minimum atomic E-state index is 0.0282. The summed E-state index contributed by atoms with van der Waals surface area (Å²) >= 11 is 6.13. The predicted molar refractivity (Wildman–Crippen MR) is 120 cm³/mol. The number of aryl methyl sites for hydroxylation is 1. The van der Waals surface area contributed by atoms with Crippen molar-refractivity contribution in [3.05, 3.63) is 52.7 Å². The maximum absolute atomic E-state index is 13.2. The first-order chi connectivity index (χ1) is 14.6. The van der Waals surface area contributed by atoms with Gasteiger partial charge in [-0.3, -0.25) is 0 Å². The number of hydrogen-bond acceptors (Lipinski definition) is 4. The van der Waals surface area contributed by atoms with Gasteiger partial charge in [0, 0.05) is 37.4 Å². The Balaban J connectivity index is 1.43. The summed E-state index contributed by atoms with van der Waals surface area (Å²) in [6.45, 7) is 5.10. The molecular weight excluding hydrogens is 398 g/mol. The number of halogens is 1. The van der Waals surface area contributed by atoms with Gasteiger partial charge in [-0.05, 0) is 67.9 Å². The smallest absolute Gasteiger partial charge is 0.317 e. The fourth-order valence-electron chi connectivity index (χ4n) is 4.33. The van der Waals surface area contributed by atoms with Gasteiger partial charge in [0.15, 0.2) is 5.82 Å². The second-order valence-electron chi connectivity index (χ2n) is 8.52. The molecule has 0 unspecified atom stereocenters. The Hall–Kier alpha value is -2.34. The third-order valence-corrected chi connectivity index (χ3v) is 6.75. The lowest BCUT2D eigenvalue weighted by atomic mass is 9.84. The topological polar surface area (TPSA) is 61.4 Å². The van der Waals surface area contributed by atoms with Crippen LogP contribution in [0.2, 0.25) is 5.02 Å². The van der Waals surface area contributed by atoms with Crippen LogP contribution in [0.4, 0.5) is 10.6 Å². The van der Waals surface area contributed by atoms with Crippen LogP contribution in [0.5, 0.6) is 0 Å². The van der Waals surface area contributed by atoms with Gasteiger partial charge in [0.1, 0.15) is 0 Å². The highest BCUT2D eigenvalue weighted by Crippen LogP contribution is 2.29. The van der Waals surface area contributed by atoms with Crippen LogP contribution in [-0.4, -0.2) is 46.8 Å². The molecule has 2 amide bonds. The van der Waals surface area contributed by atoms with E-state index in [1.165, 1.54) is 19.3 Å². The molecule has 0 bridgehead atoms. The molecule has 160 valence electrons. The molecule has 7 heteroatoms. The first-order valence-electron chi connectivity index (χ1n) is 10.9. The molecule has 6 nitrogen and oxygen atoms in total. The van der Waals surface area contributed by atoms with E-state index in [4.69, 9.17) is 11.6 Å². The van der Waals surface area contributed by atoms with Gasteiger partial charge < -0.3 is 15.1 Å². The van der Waals surface area contributed by atoms with E-state index in [-0.39, 0.29) is 12.1 Å². The molecule has 30 heavy (non-hydrogen) atoms. The van der Waals surface area contributed by atoms with E-state index >= 15 is 0 Å². The molecule has 0 radical (unpaired) electrons. The number of benzene rings is 1. The van der Waals surface area contributed by atoms with Crippen molar-refractivity contribution in [1.82, 2.24) is 20.4 Å². The van der Waals surface area contributed by atoms with Gasteiger partial charge in [-0.15, -0.1) is 5.10 Å². The molecule has 1 aromatic carbocycles. The van der Waals surface area contributed by atoms with E-state index in [1.807, 2.05) is 37.3 Å². The number of nitrogens with one attached hydrogen (secondary N) is 1. The Morgan fingerprint density at radius 1 is 1.27 bits per heavy atom. The molecule has 1 saturated heterocycles. The molecule has 1 atom stereocenters. The first-order valence-corrected chi connectivity index (χ1v) is 11.3. The Bertz CT molecular complexity index is 858. The summed E-state index contributed by atoms with van der Waals surface area (Å²) in [5.41, 5.74) is 2.10. The van der Waals surface area contributed by atoms with Crippen LogP contribution in [-0.2, 0) is 6.54 Å². The maximum Gasteiger partial charge on any atom is 0.317 e. The average molecular weight is 428 g/mol. The lowest BCUT2D eigenvalue weighted by Crippen LogP contribution is -2.55. The van der Waals surface area contributed by atoms with Gasteiger partial charge in [0.25, 0.3) is 0 Å².